The highest BCUT2D eigenvalue weighted by atomic mass is 35.5. The summed E-state index contributed by atoms with van der Waals surface area (Å²) in [5.41, 5.74) is 2.36. The van der Waals surface area contributed by atoms with E-state index in [2.05, 4.69) is 41.7 Å². The molecule has 204 valence electrons. The molecular formula is C21H27ClN10O6. The number of nitrogens with zero attached hydrogens (tertiary/aromatic N) is 5. The number of imide groups is 2. The minimum absolute atomic E-state index is 0. The number of hydrogen-bond donors (Lipinski definition) is 6. The molecule has 17 heteroatoms. The van der Waals surface area contributed by atoms with Crippen LogP contribution in [0.15, 0.2) is 36.7 Å². The van der Waals surface area contributed by atoms with Crippen molar-refractivity contribution < 1.29 is 29.1 Å². The van der Waals surface area contributed by atoms with E-state index in [1.807, 2.05) is 0 Å². The van der Waals surface area contributed by atoms with Crippen LogP contribution in [-0.2, 0) is 20.7 Å². The molecule has 2 aromatic heterocycles. The molecule has 2 atom stereocenters. The van der Waals surface area contributed by atoms with Gasteiger partial charge in [0, 0.05) is 24.5 Å². The smallest absolute Gasteiger partial charge is 0.407 e. The number of rotatable bonds is 5. The lowest BCUT2D eigenvalue weighted by Crippen LogP contribution is -2.58. The van der Waals surface area contributed by atoms with Crippen molar-refractivity contribution in [1.29, 1.82) is 0 Å². The van der Waals surface area contributed by atoms with Crippen LogP contribution in [0.4, 0.5) is 14.4 Å². The van der Waals surface area contributed by atoms with Crippen molar-refractivity contribution in [2.24, 2.45) is 5.73 Å². The number of carboxylic acid groups (broad SMARTS) is 1. The molecular weight excluding hydrogens is 524 g/mol. The first kappa shape index (κ1) is 29.8. The first-order valence-corrected chi connectivity index (χ1v) is 10.9. The molecule has 38 heavy (non-hydrogen) atoms. The number of carbonyl (C=O) groups excluding carboxylic acids is 4. The molecule has 0 bridgehead atoms. The van der Waals surface area contributed by atoms with E-state index in [1.54, 1.807) is 39.0 Å². The molecule has 0 radical (unpaired) electrons. The molecule has 7 N–H and O–H groups in total. The largest absolute Gasteiger partial charge is 0.465 e. The molecule has 4 rings (SSSR count). The summed E-state index contributed by atoms with van der Waals surface area (Å²) in [7, 11) is 0. The summed E-state index contributed by atoms with van der Waals surface area (Å²) in [6.45, 7) is 4.74. The predicted molar refractivity (Wildman–Crippen MR) is 132 cm³/mol. The Bertz CT molecular complexity index is 1210. The summed E-state index contributed by atoms with van der Waals surface area (Å²) in [5, 5.41) is 33.6. The third kappa shape index (κ3) is 5.76. The van der Waals surface area contributed by atoms with Crippen molar-refractivity contribution in [1.82, 2.24) is 46.6 Å². The van der Waals surface area contributed by atoms with Gasteiger partial charge >= 0.3 is 18.2 Å². The Balaban J connectivity index is 0.000000277. The van der Waals surface area contributed by atoms with Crippen LogP contribution in [0.3, 0.4) is 0 Å². The monoisotopic (exact) mass is 550 g/mol. The maximum atomic E-state index is 12.3. The Kier molecular flexibility index (Phi) is 8.86. The lowest BCUT2D eigenvalue weighted by atomic mass is 9.92. The molecule has 2 saturated heterocycles. The molecule has 2 aromatic rings. The fourth-order valence-electron chi connectivity index (χ4n) is 3.67. The first-order chi connectivity index (χ1) is 17.4. The Labute approximate surface area is 222 Å². The number of aromatic nitrogens is 4. The van der Waals surface area contributed by atoms with Crippen LogP contribution >= 0.6 is 12.4 Å². The standard InChI is InChI=1S/C13H17N5O4.C8H9N5O2.ClH/c1-12(2,3)18(11(21)22)7-13(8-5-4-6-14-17-8)9(19)15-10(20)16-13;9-4-8(5-2-1-3-10-13-5)6(14)11-7(15)12-8;/h4-6H,7H2,1-3H3,(H,21,22)(H2,15,16,19,20);1-3H,4,9H2,(H2,11,12,14,15);1H/t13-;8-;/m11./s1. The number of nitrogens with one attached hydrogen (secondary N) is 4. The lowest BCUT2D eigenvalue weighted by Gasteiger charge is -2.38. The number of amides is 7. The zero-order chi connectivity index (χ0) is 27.4. The number of halogens is 1. The summed E-state index contributed by atoms with van der Waals surface area (Å²) in [5.74, 6) is -1.16. The van der Waals surface area contributed by atoms with Gasteiger partial charge in [0.05, 0.1) is 12.2 Å². The van der Waals surface area contributed by atoms with Crippen LogP contribution in [0.25, 0.3) is 0 Å². The van der Waals surface area contributed by atoms with Crippen LogP contribution in [-0.4, -0.2) is 79.0 Å². The van der Waals surface area contributed by atoms with E-state index in [-0.39, 0.29) is 31.2 Å². The number of carbonyl (C=O) groups is 5. The summed E-state index contributed by atoms with van der Waals surface area (Å²) in [6.07, 6.45) is 1.69. The van der Waals surface area contributed by atoms with Gasteiger partial charge in [0.15, 0.2) is 11.1 Å². The zero-order valence-corrected chi connectivity index (χ0v) is 21.4. The predicted octanol–water partition coefficient (Wildman–Crippen LogP) is -0.818. The Morgan fingerprint density at radius 2 is 1.37 bits per heavy atom. The topological polar surface area (TPSA) is 235 Å². The van der Waals surface area contributed by atoms with Gasteiger partial charge in [-0.25, -0.2) is 14.4 Å². The average Bonchev–Trinajstić information content (AvgIpc) is 3.32. The third-order valence-corrected chi connectivity index (χ3v) is 5.64. The van der Waals surface area contributed by atoms with Crippen molar-refractivity contribution in [3.8, 4) is 0 Å². The Morgan fingerprint density at radius 1 is 0.921 bits per heavy atom. The van der Waals surface area contributed by atoms with Crippen molar-refractivity contribution in [2.75, 3.05) is 13.1 Å². The van der Waals surface area contributed by atoms with Crippen molar-refractivity contribution in [2.45, 2.75) is 37.4 Å². The highest BCUT2D eigenvalue weighted by Crippen LogP contribution is 2.27. The molecule has 2 fully saturated rings. The van der Waals surface area contributed by atoms with Gasteiger partial charge in [-0.2, -0.15) is 20.4 Å². The van der Waals surface area contributed by atoms with Gasteiger partial charge in [-0.3, -0.25) is 20.2 Å². The highest BCUT2D eigenvalue weighted by molar-refractivity contribution is 6.08. The summed E-state index contributed by atoms with van der Waals surface area (Å²) in [4.78, 5) is 59.2. The molecule has 4 heterocycles. The fraction of sp³-hybridized carbons (Fsp3) is 0.381. The van der Waals surface area contributed by atoms with Crippen LogP contribution in [0, 0.1) is 0 Å². The van der Waals surface area contributed by atoms with Gasteiger partial charge < -0.3 is 26.4 Å². The lowest BCUT2D eigenvalue weighted by molar-refractivity contribution is -0.125. The number of urea groups is 2. The van der Waals surface area contributed by atoms with Crippen molar-refractivity contribution >= 4 is 42.4 Å². The van der Waals surface area contributed by atoms with E-state index >= 15 is 0 Å². The van der Waals surface area contributed by atoms with Gasteiger partial charge in [-0.1, -0.05) is 0 Å². The van der Waals surface area contributed by atoms with Crippen LogP contribution in [0.5, 0.6) is 0 Å². The van der Waals surface area contributed by atoms with Gasteiger partial charge in [-0.05, 0) is 45.0 Å². The highest BCUT2D eigenvalue weighted by Gasteiger charge is 2.52. The van der Waals surface area contributed by atoms with Gasteiger partial charge in [-0.15, -0.1) is 12.4 Å². The van der Waals surface area contributed by atoms with E-state index in [0.29, 0.717) is 5.69 Å². The minimum Gasteiger partial charge on any atom is -0.465 e. The summed E-state index contributed by atoms with van der Waals surface area (Å²) >= 11 is 0. The Morgan fingerprint density at radius 3 is 1.68 bits per heavy atom. The van der Waals surface area contributed by atoms with Crippen LogP contribution in [0.2, 0.25) is 0 Å². The molecule has 7 amide bonds. The fourth-order valence-corrected chi connectivity index (χ4v) is 3.67. The van der Waals surface area contributed by atoms with Crippen molar-refractivity contribution in [3.05, 3.63) is 48.0 Å². The second-order valence-corrected chi connectivity index (χ2v) is 9.09. The second-order valence-electron chi connectivity index (χ2n) is 9.09. The van der Waals surface area contributed by atoms with E-state index in [0.717, 1.165) is 4.90 Å². The maximum absolute atomic E-state index is 12.3. The first-order valence-electron chi connectivity index (χ1n) is 10.9. The Hall–Kier alpha value is -4.44. The third-order valence-electron chi connectivity index (χ3n) is 5.64. The molecule has 16 nitrogen and oxygen atoms in total. The van der Waals surface area contributed by atoms with Gasteiger partial charge in [0.2, 0.25) is 0 Å². The quantitative estimate of drug-likeness (QED) is 0.251. The molecule has 0 spiro atoms. The summed E-state index contributed by atoms with van der Waals surface area (Å²) < 4.78 is 0. The van der Waals surface area contributed by atoms with Gasteiger partial charge in [0.1, 0.15) is 5.69 Å². The molecule has 0 aliphatic carbocycles. The van der Waals surface area contributed by atoms with E-state index in [9.17, 15) is 29.1 Å². The average molecular weight is 551 g/mol. The SMILES string of the molecule is CC(C)(C)N(C[C@]1(c2cccnn2)NC(=O)NC1=O)C(=O)O.Cl.NC[C@]1(c2cccnn2)NC(=O)NC1=O. The molecule has 0 saturated carbocycles. The molecule has 2 aliphatic rings. The van der Waals surface area contributed by atoms with E-state index in [1.165, 1.54) is 18.5 Å². The normalized spacial score (nSPS) is 22.1. The van der Waals surface area contributed by atoms with E-state index in [4.69, 9.17) is 5.73 Å². The molecule has 2 aliphatic heterocycles. The minimum atomic E-state index is -1.60. The van der Waals surface area contributed by atoms with E-state index < -0.39 is 46.6 Å². The molecule has 0 aromatic carbocycles. The zero-order valence-electron chi connectivity index (χ0n) is 20.6. The number of nitrogens with two attached hydrogens (primary N) is 1. The number of hydrogen-bond acceptors (Lipinski definition) is 10. The second kappa shape index (κ2) is 11.3. The molecule has 0 unspecified atom stereocenters. The summed E-state index contributed by atoms with van der Waals surface area (Å²) in [6, 6.07) is 5.01. The van der Waals surface area contributed by atoms with Crippen LogP contribution < -0.4 is 27.0 Å². The van der Waals surface area contributed by atoms with Crippen LogP contribution in [0.1, 0.15) is 32.2 Å². The van der Waals surface area contributed by atoms with Crippen molar-refractivity contribution in [3.63, 3.8) is 0 Å². The maximum Gasteiger partial charge on any atom is 0.407 e. The van der Waals surface area contributed by atoms with Gasteiger partial charge in [0.25, 0.3) is 11.8 Å².